The van der Waals surface area contributed by atoms with Gasteiger partial charge in [-0.2, -0.15) is 0 Å². The van der Waals surface area contributed by atoms with Gasteiger partial charge in [0.15, 0.2) is 6.10 Å². The van der Waals surface area contributed by atoms with Gasteiger partial charge >= 0.3 is 0 Å². The molecule has 1 saturated heterocycles. The highest BCUT2D eigenvalue weighted by molar-refractivity contribution is 5.95. The number of carbonyl (C=O) groups excluding carboxylic acids is 1. The van der Waals surface area contributed by atoms with Gasteiger partial charge in [0, 0.05) is 50.8 Å². The molecule has 1 unspecified atom stereocenters. The number of aliphatic hydroxyl groups excluding tert-OH is 1. The number of benzene rings is 3. The number of nitrogens with one attached hydrogen (secondary N) is 1. The van der Waals surface area contributed by atoms with Gasteiger partial charge in [0.2, 0.25) is 0 Å². The summed E-state index contributed by atoms with van der Waals surface area (Å²) < 4.78 is 0. The van der Waals surface area contributed by atoms with E-state index < -0.39 is 12.0 Å². The SMILES string of the molecule is O=C(Nc1ccc(-c2ccc3ncc(N4CCN(Cc5cccnc5)CC4)nc3c2)cc1)C(O)c1ccccc1. The van der Waals surface area contributed by atoms with Crippen molar-refractivity contribution in [3.8, 4) is 11.1 Å². The molecule has 1 fully saturated rings. The van der Waals surface area contributed by atoms with Crippen molar-refractivity contribution >= 4 is 28.4 Å². The lowest BCUT2D eigenvalue weighted by Crippen LogP contribution is -2.46. The van der Waals surface area contributed by atoms with Crippen molar-refractivity contribution in [2.45, 2.75) is 12.6 Å². The summed E-state index contributed by atoms with van der Waals surface area (Å²) in [6.07, 6.45) is 4.37. The predicted molar refractivity (Wildman–Crippen MR) is 157 cm³/mol. The number of fused-ring (bicyclic) bond motifs is 1. The topological polar surface area (TPSA) is 94.5 Å². The standard InChI is InChI=1S/C32H30N6O2/c39-31(25-6-2-1-3-7-25)32(40)35-27-11-8-24(9-12-27)26-10-13-28-29(19-26)36-30(21-34-28)38-17-15-37(16-18-38)22-23-5-4-14-33-20-23/h1-14,19-21,31,39H,15-18,22H2,(H,35,40). The maximum atomic E-state index is 12.5. The summed E-state index contributed by atoms with van der Waals surface area (Å²) >= 11 is 0. The smallest absolute Gasteiger partial charge is 0.257 e. The van der Waals surface area contributed by atoms with Gasteiger partial charge in [0.25, 0.3) is 5.91 Å². The van der Waals surface area contributed by atoms with Gasteiger partial charge in [0.1, 0.15) is 5.82 Å². The molecule has 0 bridgehead atoms. The van der Waals surface area contributed by atoms with Crippen LogP contribution in [0.15, 0.2) is 104 Å². The van der Waals surface area contributed by atoms with E-state index in [1.165, 1.54) is 5.56 Å². The van der Waals surface area contributed by atoms with Crippen LogP contribution in [0.5, 0.6) is 0 Å². The minimum Gasteiger partial charge on any atom is -0.378 e. The maximum absolute atomic E-state index is 12.5. The Morgan fingerprint density at radius 1 is 0.850 bits per heavy atom. The number of hydrogen-bond donors (Lipinski definition) is 2. The molecule has 1 amide bonds. The maximum Gasteiger partial charge on any atom is 0.257 e. The van der Waals surface area contributed by atoms with Crippen LogP contribution in [0.3, 0.4) is 0 Å². The normalized spacial score (nSPS) is 14.7. The van der Waals surface area contributed by atoms with Gasteiger partial charge in [-0.15, -0.1) is 0 Å². The van der Waals surface area contributed by atoms with E-state index in [0.717, 1.165) is 60.7 Å². The fraction of sp³-hybridized carbons (Fsp3) is 0.188. The van der Waals surface area contributed by atoms with Crippen molar-refractivity contribution in [2.24, 2.45) is 0 Å². The summed E-state index contributed by atoms with van der Waals surface area (Å²) in [5.74, 6) is 0.422. The first-order chi connectivity index (χ1) is 19.6. The number of anilines is 2. The number of carbonyl (C=O) groups is 1. The summed E-state index contributed by atoms with van der Waals surface area (Å²) in [6, 6.07) is 26.6. The Morgan fingerprint density at radius 2 is 1.62 bits per heavy atom. The van der Waals surface area contributed by atoms with Crippen molar-refractivity contribution < 1.29 is 9.90 Å². The molecule has 3 aromatic carbocycles. The third-order valence-electron chi connectivity index (χ3n) is 7.20. The summed E-state index contributed by atoms with van der Waals surface area (Å²) in [6.45, 7) is 4.61. The quantitative estimate of drug-likeness (QED) is 0.315. The Balaban J connectivity index is 1.11. The van der Waals surface area contributed by atoms with Gasteiger partial charge in [-0.25, -0.2) is 4.98 Å². The molecule has 0 aliphatic carbocycles. The molecular formula is C32H30N6O2. The fourth-order valence-corrected chi connectivity index (χ4v) is 4.96. The fourth-order valence-electron chi connectivity index (χ4n) is 4.96. The highest BCUT2D eigenvalue weighted by atomic mass is 16.3. The van der Waals surface area contributed by atoms with Crippen molar-refractivity contribution in [3.63, 3.8) is 0 Å². The highest BCUT2D eigenvalue weighted by Gasteiger charge is 2.19. The molecule has 5 aromatic rings. The minimum absolute atomic E-state index is 0.467. The molecule has 1 atom stereocenters. The van der Waals surface area contributed by atoms with E-state index in [4.69, 9.17) is 4.98 Å². The first-order valence-corrected chi connectivity index (χ1v) is 13.4. The van der Waals surface area contributed by atoms with Crippen LogP contribution in [0.25, 0.3) is 22.2 Å². The zero-order valence-corrected chi connectivity index (χ0v) is 22.0. The van der Waals surface area contributed by atoms with E-state index >= 15 is 0 Å². The Bertz CT molecular complexity index is 1590. The van der Waals surface area contributed by atoms with E-state index in [9.17, 15) is 9.90 Å². The molecule has 3 heterocycles. The molecule has 40 heavy (non-hydrogen) atoms. The van der Waals surface area contributed by atoms with Crippen LogP contribution >= 0.6 is 0 Å². The third kappa shape index (κ3) is 5.83. The Hall–Kier alpha value is -4.66. The molecule has 0 saturated carbocycles. The second-order valence-electron chi connectivity index (χ2n) is 9.94. The van der Waals surface area contributed by atoms with Crippen LogP contribution in [-0.2, 0) is 11.3 Å². The van der Waals surface area contributed by atoms with E-state index in [0.29, 0.717) is 11.3 Å². The summed E-state index contributed by atoms with van der Waals surface area (Å²) in [4.78, 5) is 31.1. The second kappa shape index (κ2) is 11.6. The number of piperazine rings is 1. The van der Waals surface area contributed by atoms with Gasteiger partial charge in [-0.1, -0.05) is 54.6 Å². The van der Waals surface area contributed by atoms with Crippen molar-refractivity contribution in [1.82, 2.24) is 19.9 Å². The molecule has 2 N–H and O–H groups in total. The molecule has 8 heteroatoms. The summed E-state index contributed by atoms with van der Waals surface area (Å²) in [5.41, 5.74) is 6.11. The van der Waals surface area contributed by atoms with Crippen molar-refractivity contribution in [3.05, 3.63) is 115 Å². The number of hydrogen-bond acceptors (Lipinski definition) is 7. The number of nitrogens with zero attached hydrogens (tertiary/aromatic N) is 5. The number of aromatic nitrogens is 3. The lowest BCUT2D eigenvalue weighted by atomic mass is 10.0. The van der Waals surface area contributed by atoms with Crippen LogP contribution < -0.4 is 10.2 Å². The first-order valence-electron chi connectivity index (χ1n) is 13.4. The lowest BCUT2D eigenvalue weighted by molar-refractivity contribution is -0.124. The average Bonchev–Trinajstić information content (AvgIpc) is 3.02. The largest absolute Gasteiger partial charge is 0.378 e. The van der Waals surface area contributed by atoms with Gasteiger partial charge < -0.3 is 15.3 Å². The first kappa shape index (κ1) is 25.6. The van der Waals surface area contributed by atoms with Crippen molar-refractivity contribution in [2.75, 3.05) is 36.4 Å². The summed E-state index contributed by atoms with van der Waals surface area (Å²) in [5, 5.41) is 13.1. The van der Waals surface area contributed by atoms with Crippen LogP contribution in [0.4, 0.5) is 11.5 Å². The molecule has 0 spiro atoms. The second-order valence-corrected chi connectivity index (χ2v) is 9.94. The monoisotopic (exact) mass is 530 g/mol. The van der Waals surface area contributed by atoms with Crippen LogP contribution in [0, 0.1) is 0 Å². The Morgan fingerprint density at radius 3 is 2.38 bits per heavy atom. The molecule has 0 radical (unpaired) electrons. The minimum atomic E-state index is -1.22. The third-order valence-corrected chi connectivity index (χ3v) is 7.20. The van der Waals surface area contributed by atoms with E-state index in [2.05, 4.69) is 37.2 Å². The average molecular weight is 531 g/mol. The van der Waals surface area contributed by atoms with Crippen LogP contribution in [-0.4, -0.2) is 57.0 Å². The van der Waals surface area contributed by atoms with Gasteiger partial charge in [-0.3, -0.25) is 19.7 Å². The molecule has 8 nitrogen and oxygen atoms in total. The molecule has 2 aromatic heterocycles. The number of rotatable bonds is 7. The molecule has 200 valence electrons. The lowest BCUT2D eigenvalue weighted by Gasteiger charge is -2.35. The Kier molecular flexibility index (Phi) is 7.43. The Labute approximate surface area is 233 Å². The highest BCUT2D eigenvalue weighted by Crippen LogP contribution is 2.26. The van der Waals surface area contributed by atoms with E-state index in [-0.39, 0.29) is 0 Å². The number of amides is 1. The van der Waals surface area contributed by atoms with Gasteiger partial charge in [0.05, 0.1) is 17.2 Å². The molecule has 1 aliphatic heterocycles. The zero-order chi connectivity index (χ0) is 27.3. The zero-order valence-electron chi connectivity index (χ0n) is 22.0. The number of aliphatic hydroxyl groups is 1. The molecule has 1 aliphatic rings. The van der Waals surface area contributed by atoms with Gasteiger partial charge in [-0.05, 0) is 52.6 Å². The van der Waals surface area contributed by atoms with Crippen molar-refractivity contribution in [1.29, 1.82) is 0 Å². The predicted octanol–water partition coefficient (Wildman–Crippen LogP) is 4.69. The van der Waals surface area contributed by atoms with Crippen LogP contribution in [0.2, 0.25) is 0 Å². The molecule has 6 rings (SSSR count). The molecular weight excluding hydrogens is 500 g/mol. The van der Waals surface area contributed by atoms with Crippen LogP contribution in [0.1, 0.15) is 17.2 Å². The number of pyridine rings is 1. The van der Waals surface area contributed by atoms with E-state index in [1.807, 2.05) is 60.9 Å². The van der Waals surface area contributed by atoms with E-state index in [1.54, 1.807) is 30.5 Å². The summed E-state index contributed by atoms with van der Waals surface area (Å²) in [7, 11) is 0.